The van der Waals surface area contributed by atoms with E-state index in [9.17, 15) is 0 Å². The van der Waals surface area contributed by atoms with Crippen molar-refractivity contribution < 1.29 is 0 Å². The van der Waals surface area contributed by atoms with Gasteiger partial charge in [0.1, 0.15) is 0 Å². The third kappa shape index (κ3) is 1.84. The van der Waals surface area contributed by atoms with Crippen molar-refractivity contribution in [3.05, 3.63) is 24.0 Å². The summed E-state index contributed by atoms with van der Waals surface area (Å²) in [5.74, 6) is 0.770. The molecule has 74 valence electrons. The van der Waals surface area contributed by atoms with Gasteiger partial charge in [0.05, 0.1) is 18.1 Å². The third-order valence-corrected chi connectivity index (χ3v) is 2.27. The van der Waals surface area contributed by atoms with Crippen LogP contribution in [0.4, 0.5) is 11.6 Å². The monoisotopic (exact) mass is 190 g/mol. The average molecular weight is 190 g/mol. The first-order chi connectivity index (χ1) is 6.75. The van der Waals surface area contributed by atoms with E-state index in [1.54, 1.807) is 12.4 Å². The zero-order chi connectivity index (χ0) is 9.97. The van der Waals surface area contributed by atoms with Crippen molar-refractivity contribution in [2.24, 2.45) is 0 Å². The van der Waals surface area contributed by atoms with Crippen LogP contribution in [0.3, 0.4) is 0 Å². The number of anilines is 2. The molecule has 0 amide bonds. The molecule has 0 saturated carbocycles. The van der Waals surface area contributed by atoms with E-state index in [-0.39, 0.29) is 0 Å². The molecule has 1 aromatic rings. The molecule has 1 aliphatic rings. The minimum atomic E-state index is 0.609. The summed E-state index contributed by atoms with van der Waals surface area (Å²) < 4.78 is 0. The fourth-order valence-corrected chi connectivity index (χ4v) is 1.58. The van der Waals surface area contributed by atoms with E-state index < -0.39 is 0 Å². The maximum Gasteiger partial charge on any atom is 0.225 e. The number of hydrogen-bond acceptors (Lipinski definition) is 4. The predicted molar refractivity (Wildman–Crippen MR) is 57.0 cm³/mol. The fourth-order valence-electron chi connectivity index (χ4n) is 1.58. The number of aromatic nitrogens is 2. The summed E-state index contributed by atoms with van der Waals surface area (Å²) in [4.78, 5) is 10.6. The van der Waals surface area contributed by atoms with Gasteiger partial charge in [-0.25, -0.2) is 9.97 Å². The molecule has 0 spiro atoms. The molecule has 2 N–H and O–H groups in total. The average Bonchev–Trinajstić information content (AvgIpc) is 2.19. The Morgan fingerprint density at radius 2 is 2.07 bits per heavy atom. The van der Waals surface area contributed by atoms with Crippen LogP contribution in [0.5, 0.6) is 0 Å². The second-order valence-electron chi connectivity index (χ2n) is 3.58. The second-order valence-corrected chi connectivity index (χ2v) is 3.58. The summed E-state index contributed by atoms with van der Waals surface area (Å²) >= 11 is 0. The number of nitrogen functional groups attached to an aromatic ring is 1. The number of hydrogen-bond donors (Lipinski definition) is 1. The Hall–Kier alpha value is -1.58. The number of rotatable bonds is 1. The minimum absolute atomic E-state index is 0.609. The van der Waals surface area contributed by atoms with E-state index in [2.05, 4.69) is 27.9 Å². The second kappa shape index (κ2) is 3.65. The summed E-state index contributed by atoms with van der Waals surface area (Å²) in [6.07, 6.45) is 6.62. The fraction of sp³-hybridized carbons (Fsp3) is 0.400. The summed E-state index contributed by atoms with van der Waals surface area (Å²) in [5, 5.41) is 0. The van der Waals surface area contributed by atoms with Gasteiger partial charge in [0.25, 0.3) is 0 Å². The lowest BCUT2D eigenvalue weighted by Crippen LogP contribution is -2.30. The summed E-state index contributed by atoms with van der Waals surface area (Å²) in [7, 11) is 0. The van der Waals surface area contributed by atoms with E-state index in [4.69, 9.17) is 5.73 Å². The first-order valence-corrected chi connectivity index (χ1v) is 4.74. The molecule has 4 heteroatoms. The van der Waals surface area contributed by atoms with Crippen molar-refractivity contribution in [1.29, 1.82) is 0 Å². The van der Waals surface area contributed by atoms with Crippen LogP contribution in [0.25, 0.3) is 0 Å². The highest BCUT2D eigenvalue weighted by Crippen LogP contribution is 2.15. The molecular formula is C10H14N4. The van der Waals surface area contributed by atoms with Gasteiger partial charge in [0, 0.05) is 13.1 Å². The first-order valence-electron chi connectivity index (χ1n) is 4.74. The third-order valence-electron chi connectivity index (χ3n) is 2.27. The molecule has 1 aliphatic heterocycles. The Balaban J connectivity index is 2.16. The molecular weight excluding hydrogens is 176 g/mol. The van der Waals surface area contributed by atoms with Crippen LogP contribution in [-0.2, 0) is 0 Å². The van der Waals surface area contributed by atoms with Gasteiger partial charge in [-0.1, -0.05) is 11.6 Å². The van der Waals surface area contributed by atoms with Crippen LogP contribution < -0.4 is 10.6 Å². The van der Waals surface area contributed by atoms with Gasteiger partial charge in [-0.2, -0.15) is 0 Å². The van der Waals surface area contributed by atoms with Crippen LogP contribution in [-0.4, -0.2) is 23.1 Å². The van der Waals surface area contributed by atoms with Gasteiger partial charge in [-0.3, -0.25) is 0 Å². The highest BCUT2D eigenvalue weighted by atomic mass is 15.2. The molecule has 14 heavy (non-hydrogen) atoms. The topological polar surface area (TPSA) is 55.0 Å². The van der Waals surface area contributed by atoms with Crippen LogP contribution in [0.1, 0.15) is 13.3 Å². The zero-order valence-corrected chi connectivity index (χ0v) is 8.27. The maximum absolute atomic E-state index is 5.53. The standard InChI is InChI=1S/C10H14N4/c1-8-3-2-4-14(7-8)10-12-5-9(11)6-13-10/h3,5-6H,2,4,7,11H2,1H3. The summed E-state index contributed by atoms with van der Waals surface area (Å²) in [5.41, 5.74) is 7.51. The van der Waals surface area contributed by atoms with E-state index in [1.165, 1.54) is 5.57 Å². The Morgan fingerprint density at radius 3 is 2.71 bits per heavy atom. The molecule has 0 fully saturated rings. The van der Waals surface area contributed by atoms with E-state index in [0.29, 0.717) is 5.69 Å². The molecule has 2 heterocycles. The van der Waals surface area contributed by atoms with Crippen LogP contribution >= 0.6 is 0 Å². The lowest BCUT2D eigenvalue weighted by atomic mass is 10.1. The predicted octanol–water partition coefficient (Wildman–Crippen LogP) is 1.22. The van der Waals surface area contributed by atoms with Gasteiger partial charge in [-0.15, -0.1) is 0 Å². The number of nitrogens with two attached hydrogens (primary N) is 1. The van der Waals surface area contributed by atoms with E-state index in [0.717, 1.165) is 25.5 Å². The van der Waals surface area contributed by atoms with E-state index >= 15 is 0 Å². The Bertz CT molecular complexity index is 342. The molecule has 0 atom stereocenters. The van der Waals surface area contributed by atoms with Crippen molar-refractivity contribution in [1.82, 2.24) is 9.97 Å². The number of nitrogens with zero attached hydrogens (tertiary/aromatic N) is 3. The smallest absolute Gasteiger partial charge is 0.225 e. The van der Waals surface area contributed by atoms with Crippen molar-refractivity contribution in [2.75, 3.05) is 23.7 Å². The molecule has 0 saturated heterocycles. The quantitative estimate of drug-likeness (QED) is 0.676. The van der Waals surface area contributed by atoms with Crippen molar-refractivity contribution in [3.8, 4) is 0 Å². The molecule has 0 radical (unpaired) electrons. The van der Waals surface area contributed by atoms with E-state index in [1.807, 2.05) is 0 Å². The van der Waals surface area contributed by atoms with Gasteiger partial charge in [0.15, 0.2) is 0 Å². The molecule has 4 nitrogen and oxygen atoms in total. The lowest BCUT2D eigenvalue weighted by molar-refractivity contribution is 0.762. The minimum Gasteiger partial charge on any atom is -0.396 e. The SMILES string of the molecule is CC1=CCCN(c2ncc(N)cn2)C1. The first kappa shape index (κ1) is 8.99. The van der Waals surface area contributed by atoms with Crippen LogP contribution in [0.15, 0.2) is 24.0 Å². The van der Waals surface area contributed by atoms with Crippen molar-refractivity contribution in [3.63, 3.8) is 0 Å². The van der Waals surface area contributed by atoms with Gasteiger partial charge < -0.3 is 10.6 Å². The normalized spacial score (nSPS) is 16.6. The largest absolute Gasteiger partial charge is 0.396 e. The highest BCUT2D eigenvalue weighted by Gasteiger charge is 2.12. The Kier molecular flexibility index (Phi) is 2.35. The molecule has 0 bridgehead atoms. The molecule has 2 rings (SSSR count). The van der Waals surface area contributed by atoms with Gasteiger partial charge >= 0.3 is 0 Å². The zero-order valence-electron chi connectivity index (χ0n) is 8.27. The molecule has 0 unspecified atom stereocenters. The highest BCUT2D eigenvalue weighted by molar-refractivity contribution is 5.39. The van der Waals surface area contributed by atoms with Crippen molar-refractivity contribution in [2.45, 2.75) is 13.3 Å². The summed E-state index contributed by atoms with van der Waals surface area (Å²) in [6.45, 7) is 4.04. The van der Waals surface area contributed by atoms with Gasteiger partial charge in [0.2, 0.25) is 5.95 Å². The van der Waals surface area contributed by atoms with Crippen molar-refractivity contribution >= 4 is 11.6 Å². The lowest BCUT2D eigenvalue weighted by Gasteiger charge is -2.25. The van der Waals surface area contributed by atoms with Gasteiger partial charge in [-0.05, 0) is 13.3 Å². The van der Waals surface area contributed by atoms with Crippen LogP contribution in [0.2, 0.25) is 0 Å². The molecule has 0 aromatic carbocycles. The molecule has 0 aliphatic carbocycles. The summed E-state index contributed by atoms with van der Waals surface area (Å²) in [6, 6.07) is 0. The molecule has 1 aromatic heterocycles. The Labute approximate surface area is 83.5 Å². The maximum atomic E-state index is 5.53. The van der Waals surface area contributed by atoms with Crippen LogP contribution in [0, 0.1) is 0 Å². The Morgan fingerprint density at radius 1 is 1.36 bits per heavy atom.